The van der Waals surface area contributed by atoms with Gasteiger partial charge in [-0.1, -0.05) is 30.8 Å². The molecule has 0 radical (unpaired) electrons. The summed E-state index contributed by atoms with van der Waals surface area (Å²) in [6.07, 6.45) is 4.15. The maximum Gasteiger partial charge on any atom is 0.278 e. The summed E-state index contributed by atoms with van der Waals surface area (Å²) >= 11 is 1.24. The minimum absolute atomic E-state index is 0.0879. The highest BCUT2D eigenvalue weighted by molar-refractivity contribution is 8.14. The minimum atomic E-state index is -0.230. The van der Waals surface area contributed by atoms with Crippen LogP contribution in [0.15, 0.2) is 57.8 Å². The van der Waals surface area contributed by atoms with Crippen LogP contribution in [0.3, 0.4) is 0 Å². The molecule has 30 heavy (non-hydrogen) atoms. The number of furan rings is 1. The molecule has 7 nitrogen and oxygen atoms in total. The lowest BCUT2D eigenvalue weighted by molar-refractivity contribution is -0.123. The van der Waals surface area contributed by atoms with E-state index >= 15 is 0 Å². The second kappa shape index (κ2) is 10.2. The second-order valence-electron chi connectivity index (χ2n) is 6.83. The SMILES string of the molecule is CCC(C)NC(=O)CSC1=N/C(=C\c2ccc(OC)cc2)C(=O)N1Cc1ccco1. The van der Waals surface area contributed by atoms with Crippen molar-refractivity contribution < 1.29 is 18.7 Å². The molecule has 0 spiro atoms. The van der Waals surface area contributed by atoms with Crippen LogP contribution in [0.1, 0.15) is 31.6 Å². The van der Waals surface area contributed by atoms with Gasteiger partial charge in [0.05, 0.1) is 25.7 Å². The van der Waals surface area contributed by atoms with Crippen molar-refractivity contribution in [3.05, 3.63) is 59.7 Å². The lowest BCUT2D eigenvalue weighted by Gasteiger charge is -2.16. The Morgan fingerprint density at radius 3 is 2.73 bits per heavy atom. The first-order chi connectivity index (χ1) is 14.5. The summed E-state index contributed by atoms with van der Waals surface area (Å²) in [6.45, 7) is 4.22. The molecule has 1 N–H and O–H groups in total. The molecule has 1 aliphatic rings. The number of nitrogens with one attached hydrogen (secondary N) is 1. The number of aliphatic imine (C=N–C) groups is 1. The first-order valence-corrected chi connectivity index (χ1v) is 10.7. The van der Waals surface area contributed by atoms with Gasteiger partial charge in [0, 0.05) is 6.04 Å². The number of hydrogen-bond acceptors (Lipinski definition) is 6. The van der Waals surface area contributed by atoms with Crippen LogP contribution in [0.25, 0.3) is 6.08 Å². The highest BCUT2D eigenvalue weighted by atomic mass is 32.2. The molecular weight excluding hydrogens is 402 g/mol. The van der Waals surface area contributed by atoms with Gasteiger partial charge in [-0.2, -0.15) is 0 Å². The number of carbonyl (C=O) groups is 2. The third-order valence-corrected chi connectivity index (χ3v) is 5.55. The van der Waals surface area contributed by atoms with Gasteiger partial charge in [-0.3, -0.25) is 14.5 Å². The van der Waals surface area contributed by atoms with E-state index in [1.165, 1.54) is 16.7 Å². The summed E-state index contributed by atoms with van der Waals surface area (Å²) in [7, 11) is 1.60. The Hall–Kier alpha value is -3.00. The molecule has 0 saturated carbocycles. The largest absolute Gasteiger partial charge is 0.497 e. The normalized spacial score (nSPS) is 16.0. The molecule has 2 aromatic rings. The van der Waals surface area contributed by atoms with Crippen molar-refractivity contribution in [1.82, 2.24) is 10.2 Å². The molecule has 1 aromatic carbocycles. The van der Waals surface area contributed by atoms with Crippen LogP contribution >= 0.6 is 11.8 Å². The molecular formula is C22H25N3O4S. The van der Waals surface area contributed by atoms with Gasteiger partial charge in [-0.25, -0.2) is 4.99 Å². The van der Waals surface area contributed by atoms with Gasteiger partial charge in [0.25, 0.3) is 5.91 Å². The number of ether oxygens (including phenoxy) is 1. The maximum atomic E-state index is 13.0. The van der Waals surface area contributed by atoms with Gasteiger partial charge >= 0.3 is 0 Å². The Bertz CT molecular complexity index is 936. The zero-order valence-electron chi connectivity index (χ0n) is 17.3. The Kier molecular flexibility index (Phi) is 7.35. The summed E-state index contributed by atoms with van der Waals surface area (Å²) < 4.78 is 10.6. The fourth-order valence-electron chi connectivity index (χ4n) is 2.75. The lowest BCUT2D eigenvalue weighted by atomic mass is 10.2. The average Bonchev–Trinajstić information content (AvgIpc) is 3.36. The molecule has 1 unspecified atom stereocenters. The van der Waals surface area contributed by atoms with E-state index in [2.05, 4.69) is 10.3 Å². The zero-order chi connectivity index (χ0) is 21.5. The highest BCUT2D eigenvalue weighted by Crippen LogP contribution is 2.26. The van der Waals surface area contributed by atoms with Gasteiger partial charge in [0.1, 0.15) is 17.2 Å². The van der Waals surface area contributed by atoms with E-state index in [0.717, 1.165) is 17.7 Å². The van der Waals surface area contributed by atoms with Crippen molar-refractivity contribution >= 4 is 34.8 Å². The van der Waals surface area contributed by atoms with Crippen molar-refractivity contribution in [1.29, 1.82) is 0 Å². The number of carbonyl (C=O) groups excluding carboxylic acids is 2. The molecule has 0 aliphatic carbocycles. The number of nitrogens with zero attached hydrogens (tertiary/aromatic N) is 2. The highest BCUT2D eigenvalue weighted by Gasteiger charge is 2.31. The zero-order valence-corrected chi connectivity index (χ0v) is 18.1. The van der Waals surface area contributed by atoms with Crippen molar-refractivity contribution in [3.8, 4) is 5.75 Å². The monoisotopic (exact) mass is 427 g/mol. The van der Waals surface area contributed by atoms with E-state index in [1.807, 2.05) is 38.1 Å². The van der Waals surface area contributed by atoms with E-state index in [4.69, 9.17) is 9.15 Å². The first kappa shape index (κ1) is 21.7. The summed E-state index contributed by atoms with van der Waals surface area (Å²) in [5, 5.41) is 3.41. The third kappa shape index (κ3) is 5.54. The summed E-state index contributed by atoms with van der Waals surface area (Å²) in [5.74, 6) is 1.25. The van der Waals surface area contributed by atoms with Crippen LogP contribution in [-0.2, 0) is 16.1 Å². The summed E-state index contributed by atoms with van der Waals surface area (Å²) in [5.41, 5.74) is 1.15. The fraction of sp³-hybridized carbons (Fsp3) is 0.318. The molecule has 2 heterocycles. The fourth-order valence-corrected chi connectivity index (χ4v) is 3.55. The van der Waals surface area contributed by atoms with Crippen LogP contribution in [0.2, 0.25) is 0 Å². The van der Waals surface area contributed by atoms with Crippen LogP contribution < -0.4 is 10.1 Å². The minimum Gasteiger partial charge on any atom is -0.497 e. The van der Waals surface area contributed by atoms with Crippen molar-refractivity contribution in [2.24, 2.45) is 4.99 Å². The van der Waals surface area contributed by atoms with Gasteiger partial charge in [-0.15, -0.1) is 0 Å². The predicted molar refractivity (Wildman–Crippen MR) is 118 cm³/mol. The van der Waals surface area contributed by atoms with E-state index in [1.54, 1.807) is 31.6 Å². The number of hydrogen-bond donors (Lipinski definition) is 1. The molecule has 1 atom stereocenters. The van der Waals surface area contributed by atoms with Crippen molar-refractivity contribution in [2.75, 3.05) is 12.9 Å². The number of amides is 2. The van der Waals surface area contributed by atoms with E-state index in [-0.39, 0.29) is 30.2 Å². The van der Waals surface area contributed by atoms with Crippen LogP contribution in [-0.4, -0.2) is 40.8 Å². The predicted octanol–water partition coefficient (Wildman–Crippen LogP) is 3.68. The van der Waals surface area contributed by atoms with Crippen LogP contribution in [0, 0.1) is 0 Å². The molecule has 1 aromatic heterocycles. The van der Waals surface area contributed by atoms with E-state index in [0.29, 0.717) is 16.6 Å². The molecule has 8 heteroatoms. The van der Waals surface area contributed by atoms with Gasteiger partial charge in [0.15, 0.2) is 5.17 Å². The Morgan fingerprint density at radius 1 is 1.33 bits per heavy atom. The Morgan fingerprint density at radius 2 is 2.10 bits per heavy atom. The number of thioether (sulfide) groups is 1. The molecule has 0 fully saturated rings. The number of rotatable bonds is 8. The molecule has 1 aliphatic heterocycles. The smallest absolute Gasteiger partial charge is 0.278 e. The van der Waals surface area contributed by atoms with Crippen LogP contribution in [0.5, 0.6) is 5.75 Å². The van der Waals surface area contributed by atoms with Crippen molar-refractivity contribution in [2.45, 2.75) is 32.9 Å². The summed E-state index contributed by atoms with van der Waals surface area (Å²) in [6, 6.07) is 11.0. The van der Waals surface area contributed by atoms with E-state index in [9.17, 15) is 9.59 Å². The van der Waals surface area contributed by atoms with Gasteiger partial charge < -0.3 is 14.5 Å². The van der Waals surface area contributed by atoms with Crippen LogP contribution in [0.4, 0.5) is 0 Å². The van der Waals surface area contributed by atoms with Gasteiger partial charge in [0.2, 0.25) is 5.91 Å². The topological polar surface area (TPSA) is 84.1 Å². The van der Waals surface area contributed by atoms with Gasteiger partial charge in [-0.05, 0) is 49.2 Å². The lowest BCUT2D eigenvalue weighted by Crippen LogP contribution is -2.35. The molecule has 3 rings (SSSR count). The number of amidine groups is 1. The molecule has 158 valence electrons. The summed E-state index contributed by atoms with van der Waals surface area (Å²) in [4.78, 5) is 31.2. The second-order valence-corrected chi connectivity index (χ2v) is 7.78. The van der Waals surface area contributed by atoms with E-state index < -0.39 is 0 Å². The molecule has 0 bridgehead atoms. The third-order valence-electron chi connectivity index (χ3n) is 4.58. The number of benzene rings is 1. The maximum absolute atomic E-state index is 13.0. The standard InChI is InChI=1S/C22H25N3O4S/c1-4-15(2)23-20(26)14-30-22-24-19(12-16-7-9-17(28-3)10-8-16)21(27)25(22)13-18-6-5-11-29-18/h5-12,15H,4,13-14H2,1-3H3,(H,23,26)/b19-12-. The Balaban J connectivity index is 1.78. The quantitative estimate of drug-likeness (QED) is 0.650. The average molecular weight is 428 g/mol. The first-order valence-electron chi connectivity index (χ1n) is 9.71. The Labute approximate surface area is 180 Å². The van der Waals surface area contributed by atoms with Crippen molar-refractivity contribution in [3.63, 3.8) is 0 Å². The molecule has 2 amide bonds. The molecule has 0 saturated heterocycles. The number of methoxy groups -OCH3 is 1.